The average molecular weight is 418 g/mol. The Bertz CT molecular complexity index is 528. The second-order valence-corrected chi connectivity index (χ2v) is 7.25. The zero-order valence-electron chi connectivity index (χ0n) is 17.3. The van der Waals surface area contributed by atoms with E-state index < -0.39 is 30.3 Å². The van der Waals surface area contributed by atoms with Crippen molar-refractivity contribution in [2.75, 3.05) is 0 Å². The lowest BCUT2D eigenvalue weighted by Gasteiger charge is -2.08. The van der Waals surface area contributed by atoms with Crippen molar-refractivity contribution in [3.63, 3.8) is 0 Å². The Labute approximate surface area is 171 Å². The minimum Gasteiger partial charge on any atom is -0.481 e. The maximum atomic E-state index is 11.2. The summed E-state index contributed by atoms with van der Waals surface area (Å²) in [6, 6.07) is 0. The van der Waals surface area contributed by atoms with Crippen molar-refractivity contribution in [2.45, 2.75) is 84.5 Å². The van der Waals surface area contributed by atoms with E-state index in [0.717, 1.165) is 12.8 Å². The fourth-order valence-corrected chi connectivity index (χ4v) is 2.49. The molecule has 0 bridgehead atoms. The van der Waals surface area contributed by atoms with E-state index in [4.69, 9.17) is 20.4 Å². The number of aliphatic carboxylic acids is 4. The van der Waals surface area contributed by atoms with Crippen LogP contribution < -0.4 is 0 Å². The number of Topliss-reactive ketones (excluding diaryl/α,β-unsaturated/α-hetero) is 1. The molecule has 0 rings (SSSR count). The van der Waals surface area contributed by atoms with Gasteiger partial charge in [-0.15, -0.1) is 0 Å². The minimum atomic E-state index is -1.11. The molecule has 29 heavy (non-hydrogen) atoms. The minimum absolute atomic E-state index is 0.0971. The number of unbranched alkanes of at least 4 members (excludes halogenated alkanes) is 2. The van der Waals surface area contributed by atoms with Crippen LogP contribution in [0, 0.1) is 11.8 Å². The highest BCUT2D eigenvalue weighted by Gasteiger charge is 2.15. The van der Waals surface area contributed by atoms with Gasteiger partial charge < -0.3 is 20.4 Å². The average Bonchev–Trinajstić information content (AvgIpc) is 2.60. The van der Waals surface area contributed by atoms with Crippen molar-refractivity contribution in [1.29, 1.82) is 0 Å². The van der Waals surface area contributed by atoms with Gasteiger partial charge in [-0.2, -0.15) is 0 Å². The fraction of sp³-hybridized carbons (Fsp3) is 0.750. The quantitative estimate of drug-likeness (QED) is 0.217. The zero-order valence-corrected chi connectivity index (χ0v) is 17.3. The second-order valence-electron chi connectivity index (χ2n) is 7.25. The van der Waals surface area contributed by atoms with Crippen molar-refractivity contribution in [2.24, 2.45) is 11.8 Å². The summed E-state index contributed by atoms with van der Waals surface area (Å²) < 4.78 is 0. The molecule has 0 aromatic rings. The molecule has 0 aromatic heterocycles. The largest absolute Gasteiger partial charge is 0.481 e. The third-order valence-electron chi connectivity index (χ3n) is 4.34. The van der Waals surface area contributed by atoms with Gasteiger partial charge in [0, 0.05) is 25.2 Å². The van der Waals surface area contributed by atoms with Gasteiger partial charge in [0.15, 0.2) is 0 Å². The number of hydrogen-bond donors (Lipinski definition) is 4. The fourth-order valence-electron chi connectivity index (χ4n) is 2.49. The van der Waals surface area contributed by atoms with Gasteiger partial charge in [-0.25, -0.2) is 0 Å². The van der Waals surface area contributed by atoms with Gasteiger partial charge in [0.2, 0.25) is 0 Å². The van der Waals surface area contributed by atoms with E-state index >= 15 is 0 Å². The molecular weight excluding hydrogens is 384 g/mol. The molecule has 168 valence electrons. The number of carbonyl (C=O) groups excluding carboxylic acids is 1. The van der Waals surface area contributed by atoms with Crippen LogP contribution in [0.15, 0.2) is 0 Å². The van der Waals surface area contributed by atoms with Gasteiger partial charge in [-0.05, 0) is 31.6 Å². The molecule has 4 N–H and O–H groups in total. The summed E-state index contributed by atoms with van der Waals surface area (Å²) in [4.78, 5) is 52.0. The zero-order chi connectivity index (χ0) is 22.8. The molecule has 0 radical (unpaired) electrons. The van der Waals surface area contributed by atoms with Crippen LogP contribution in [0.2, 0.25) is 0 Å². The number of carbonyl (C=O) groups is 5. The normalized spacial score (nSPS) is 12.2. The van der Waals surface area contributed by atoms with Crippen molar-refractivity contribution < 1.29 is 44.4 Å². The number of hydrogen-bond acceptors (Lipinski definition) is 5. The Balaban J connectivity index is 0. The molecule has 0 saturated heterocycles. The predicted molar refractivity (Wildman–Crippen MR) is 105 cm³/mol. The SMILES string of the molecule is CC(CCCCC(=O)O)C(=O)CC(=O)O.CC(CCCCC(=O)O)CCC(=O)O. The van der Waals surface area contributed by atoms with Gasteiger partial charge in [0.05, 0.1) is 0 Å². The lowest BCUT2D eigenvalue weighted by atomic mass is 9.97. The van der Waals surface area contributed by atoms with Crippen LogP contribution in [0.1, 0.15) is 84.5 Å². The molecule has 0 aliphatic carbocycles. The Hall–Kier alpha value is -2.45. The Morgan fingerprint density at radius 1 is 0.586 bits per heavy atom. The summed E-state index contributed by atoms with van der Waals surface area (Å²) in [6.07, 6.45) is 4.95. The molecule has 9 heteroatoms. The lowest BCUT2D eigenvalue weighted by molar-refractivity contribution is -0.141. The summed E-state index contributed by atoms with van der Waals surface area (Å²) >= 11 is 0. The van der Waals surface area contributed by atoms with E-state index in [1.165, 1.54) is 0 Å². The summed E-state index contributed by atoms with van der Waals surface area (Å²) in [5, 5.41) is 33.5. The van der Waals surface area contributed by atoms with Crippen molar-refractivity contribution >= 4 is 29.7 Å². The van der Waals surface area contributed by atoms with E-state index in [0.29, 0.717) is 38.0 Å². The molecule has 9 nitrogen and oxygen atoms in total. The van der Waals surface area contributed by atoms with Crippen LogP contribution in [0.4, 0.5) is 0 Å². The van der Waals surface area contributed by atoms with Crippen LogP contribution in [0.5, 0.6) is 0 Å². The first kappa shape index (κ1) is 28.8. The first-order chi connectivity index (χ1) is 13.5. The molecule has 0 amide bonds. The number of carboxylic acids is 4. The number of carboxylic acid groups (broad SMARTS) is 4. The third kappa shape index (κ3) is 23.5. The topological polar surface area (TPSA) is 166 Å². The molecule has 2 atom stereocenters. The molecule has 0 heterocycles. The predicted octanol–water partition coefficient (Wildman–Crippen LogP) is 3.44. The van der Waals surface area contributed by atoms with Crippen molar-refractivity contribution in [3.8, 4) is 0 Å². The first-order valence-electron chi connectivity index (χ1n) is 9.85. The van der Waals surface area contributed by atoms with Crippen LogP contribution in [-0.4, -0.2) is 50.1 Å². The van der Waals surface area contributed by atoms with Crippen LogP contribution in [0.25, 0.3) is 0 Å². The smallest absolute Gasteiger partial charge is 0.310 e. The van der Waals surface area contributed by atoms with E-state index in [-0.39, 0.29) is 31.0 Å². The first-order valence-corrected chi connectivity index (χ1v) is 9.85. The van der Waals surface area contributed by atoms with Gasteiger partial charge in [-0.3, -0.25) is 24.0 Å². The Morgan fingerprint density at radius 2 is 1.03 bits per heavy atom. The van der Waals surface area contributed by atoms with E-state index in [2.05, 4.69) is 0 Å². The summed E-state index contributed by atoms with van der Waals surface area (Å²) in [5.41, 5.74) is 0. The van der Waals surface area contributed by atoms with Gasteiger partial charge in [0.25, 0.3) is 0 Å². The molecule has 2 unspecified atom stereocenters. The van der Waals surface area contributed by atoms with E-state index in [9.17, 15) is 24.0 Å². The maximum Gasteiger partial charge on any atom is 0.310 e. The molecule has 0 spiro atoms. The van der Waals surface area contributed by atoms with E-state index in [1.54, 1.807) is 6.92 Å². The van der Waals surface area contributed by atoms with Crippen LogP contribution >= 0.6 is 0 Å². The maximum absolute atomic E-state index is 11.2. The molecule has 0 aliphatic rings. The van der Waals surface area contributed by atoms with Gasteiger partial charge >= 0.3 is 23.9 Å². The van der Waals surface area contributed by atoms with Gasteiger partial charge in [0.1, 0.15) is 12.2 Å². The number of rotatable bonds is 16. The Kier molecular flexibility index (Phi) is 17.5. The number of ketones is 1. The van der Waals surface area contributed by atoms with Crippen molar-refractivity contribution in [3.05, 3.63) is 0 Å². The van der Waals surface area contributed by atoms with Crippen LogP contribution in [-0.2, 0) is 24.0 Å². The highest BCUT2D eigenvalue weighted by atomic mass is 16.4. The highest BCUT2D eigenvalue weighted by molar-refractivity contribution is 5.95. The summed E-state index contributed by atoms with van der Waals surface area (Å²) in [7, 11) is 0. The lowest BCUT2D eigenvalue weighted by Crippen LogP contribution is -2.15. The molecule has 0 aliphatic heterocycles. The Morgan fingerprint density at radius 3 is 1.45 bits per heavy atom. The highest BCUT2D eigenvalue weighted by Crippen LogP contribution is 2.14. The standard InChI is InChI=1S/C10H16O5.C10H18O4/c1-7(8(11)6-10(14)15)4-2-3-5-9(12)13;1-8(6-7-10(13)14)4-2-3-5-9(11)12/h7H,2-6H2,1H3,(H,12,13)(H,14,15);8H,2-7H2,1H3,(H,11,12)(H,13,14). The van der Waals surface area contributed by atoms with Crippen molar-refractivity contribution in [1.82, 2.24) is 0 Å². The van der Waals surface area contributed by atoms with Gasteiger partial charge in [-0.1, -0.05) is 33.1 Å². The van der Waals surface area contributed by atoms with Crippen LogP contribution in [0.3, 0.4) is 0 Å². The molecular formula is C20H34O9. The summed E-state index contributed by atoms with van der Waals surface area (Å²) in [5.74, 6) is -3.70. The molecule has 0 aromatic carbocycles. The molecule has 0 fully saturated rings. The third-order valence-corrected chi connectivity index (χ3v) is 4.34. The molecule has 0 saturated carbocycles. The second kappa shape index (κ2) is 17.6. The van der Waals surface area contributed by atoms with E-state index in [1.807, 2.05) is 6.92 Å². The summed E-state index contributed by atoms with van der Waals surface area (Å²) in [6.45, 7) is 3.68. The monoisotopic (exact) mass is 418 g/mol.